The molecule has 18 heavy (non-hydrogen) atoms. The van der Waals surface area contributed by atoms with Crippen molar-refractivity contribution in [2.75, 3.05) is 19.6 Å². The average Bonchev–Trinajstić information content (AvgIpc) is 2.38. The minimum absolute atomic E-state index is 0.201. The van der Waals surface area contributed by atoms with Crippen molar-refractivity contribution in [1.29, 1.82) is 0 Å². The predicted octanol–water partition coefficient (Wildman–Crippen LogP) is -1.13. The number of rotatable bonds is 2. The van der Waals surface area contributed by atoms with Gasteiger partial charge in [-0.05, 0) is 6.07 Å². The van der Waals surface area contributed by atoms with Gasteiger partial charge in [0.1, 0.15) is 6.04 Å². The SMILES string of the molecule is O=C(O)C1CNCCN1C(=O)c1cc[nH]c(=O)c1. The van der Waals surface area contributed by atoms with Gasteiger partial charge in [-0.15, -0.1) is 0 Å². The number of pyridine rings is 1. The molecule has 1 aliphatic heterocycles. The molecule has 1 amide bonds. The Bertz CT molecular complexity index is 525. The molecule has 1 aromatic heterocycles. The smallest absolute Gasteiger partial charge is 0.327 e. The van der Waals surface area contributed by atoms with Crippen LogP contribution in [0.15, 0.2) is 23.1 Å². The van der Waals surface area contributed by atoms with Crippen molar-refractivity contribution in [2.24, 2.45) is 0 Å². The lowest BCUT2D eigenvalue weighted by Gasteiger charge is -2.33. The molecular formula is C11H13N3O4. The molecule has 0 aromatic carbocycles. The second-order valence-corrected chi connectivity index (χ2v) is 4.00. The van der Waals surface area contributed by atoms with Gasteiger partial charge in [-0.3, -0.25) is 9.59 Å². The fourth-order valence-corrected chi connectivity index (χ4v) is 1.91. The number of carboxylic acids is 1. The molecule has 2 rings (SSSR count). The maximum absolute atomic E-state index is 12.1. The summed E-state index contributed by atoms with van der Waals surface area (Å²) in [7, 11) is 0. The Morgan fingerprint density at radius 1 is 1.44 bits per heavy atom. The number of carbonyl (C=O) groups is 2. The fraction of sp³-hybridized carbons (Fsp3) is 0.364. The summed E-state index contributed by atoms with van der Waals surface area (Å²) in [6.45, 7) is 1.06. The van der Waals surface area contributed by atoms with Crippen LogP contribution in [0.5, 0.6) is 0 Å². The van der Waals surface area contributed by atoms with Crippen molar-refractivity contribution in [2.45, 2.75) is 6.04 Å². The van der Waals surface area contributed by atoms with E-state index in [1.54, 1.807) is 0 Å². The Morgan fingerprint density at radius 3 is 2.89 bits per heavy atom. The van der Waals surface area contributed by atoms with Gasteiger partial charge in [0.05, 0.1) is 0 Å². The number of hydrogen-bond donors (Lipinski definition) is 3. The summed E-state index contributed by atoms with van der Waals surface area (Å²) in [6.07, 6.45) is 1.37. The van der Waals surface area contributed by atoms with Crippen LogP contribution in [-0.4, -0.2) is 52.5 Å². The first-order valence-corrected chi connectivity index (χ1v) is 5.53. The lowest BCUT2D eigenvalue weighted by Crippen LogP contribution is -2.57. The molecule has 0 saturated carbocycles. The molecule has 7 heteroatoms. The molecule has 0 radical (unpaired) electrons. The van der Waals surface area contributed by atoms with Gasteiger partial charge in [0.15, 0.2) is 0 Å². The van der Waals surface area contributed by atoms with Crippen LogP contribution in [0.4, 0.5) is 0 Å². The van der Waals surface area contributed by atoms with Crippen molar-refractivity contribution < 1.29 is 14.7 Å². The van der Waals surface area contributed by atoms with Gasteiger partial charge in [-0.1, -0.05) is 0 Å². The summed E-state index contributed by atoms with van der Waals surface area (Å²) in [5.74, 6) is -1.49. The molecule has 1 fully saturated rings. The zero-order chi connectivity index (χ0) is 13.1. The van der Waals surface area contributed by atoms with E-state index in [1.165, 1.54) is 23.2 Å². The van der Waals surface area contributed by atoms with Crippen LogP contribution in [0.1, 0.15) is 10.4 Å². The molecule has 0 bridgehead atoms. The summed E-state index contributed by atoms with van der Waals surface area (Å²) >= 11 is 0. The molecule has 2 heterocycles. The van der Waals surface area contributed by atoms with Crippen LogP contribution in [0.25, 0.3) is 0 Å². The van der Waals surface area contributed by atoms with E-state index in [-0.39, 0.29) is 17.7 Å². The summed E-state index contributed by atoms with van der Waals surface area (Å²) in [5, 5.41) is 12.0. The molecule has 3 N–H and O–H groups in total. The first kappa shape index (κ1) is 12.3. The Kier molecular flexibility index (Phi) is 3.42. The number of aromatic amines is 1. The van der Waals surface area contributed by atoms with Gasteiger partial charge >= 0.3 is 5.97 Å². The number of carboxylic acid groups (broad SMARTS) is 1. The van der Waals surface area contributed by atoms with E-state index in [1.807, 2.05) is 0 Å². The number of nitrogens with zero attached hydrogens (tertiary/aromatic N) is 1. The van der Waals surface area contributed by atoms with Crippen LogP contribution in [0.2, 0.25) is 0 Å². The van der Waals surface area contributed by atoms with Gasteiger partial charge in [0.2, 0.25) is 5.56 Å². The van der Waals surface area contributed by atoms with Gasteiger partial charge in [-0.25, -0.2) is 4.79 Å². The van der Waals surface area contributed by atoms with Gasteiger partial charge in [0.25, 0.3) is 5.91 Å². The maximum atomic E-state index is 12.1. The highest BCUT2D eigenvalue weighted by molar-refractivity contribution is 5.96. The lowest BCUT2D eigenvalue weighted by atomic mass is 10.1. The third-order valence-electron chi connectivity index (χ3n) is 2.81. The minimum Gasteiger partial charge on any atom is -0.480 e. The number of aliphatic carboxylic acids is 1. The molecule has 1 unspecified atom stereocenters. The number of carbonyl (C=O) groups excluding carboxylic acids is 1. The third kappa shape index (κ3) is 2.40. The van der Waals surface area contributed by atoms with Crippen LogP contribution in [0.3, 0.4) is 0 Å². The number of nitrogens with one attached hydrogen (secondary N) is 2. The second-order valence-electron chi connectivity index (χ2n) is 4.00. The Balaban J connectivity index is 2.26. The third-order valence-corrected chi connectivity index (χ3v) is 2.81. The maximum Gasteiger partial charge on any atom is 0.327 e. The molecule has 1 saturated heterocycles. The van der Waals surface area contributed by atoms with Crippen molar-refractivity contribution in [3.8, 4) is 0 Å². The van der Waals surface area contributed by atoms with Crippen LogP contribution >= 0.6 is 0 Å². The number of piperazine rings is 1. The quantitative estimate of drug-likeness (QED) is 0.617. The molecular weight excluding hydrogens is 238 g/mol. The van der Waals surface area contributed by atoms with E-state index in [2.05, 4.69) is 10.3 Å². The molecule has 1 aromatic rings. The Hall–Kier alpha value is -2.15. The molecule has 96 valence electrons. The molecule has 1 atom stereocenters. The van der Waals surface area contributed by atoms with E-state index < -0.39 is 17.9 Å². The summed E-state index contributed by atoms with van der Waals surface area (Å²) in [6, 6.07) is 1.74. The number of hydrogen-bond acceptors (Lipinski definition) is 4. The first-order chi connectivity index (χ1) is 8.59. The highest BCUT2D eigenvalue weighted by Gasteiger charge is 2.32. The first-order valence-electron chi connectivity index (χ1n) is 5.53. The van der Waals surface area contributed by atoms with Crippen LogP contribution in [-0.2, 0) is 4.79 Å². The van der Waals surface area contributed by atoms with E-state index in [0.717, 1.165) is 0 Å². The standard InChI is InChI=1S/C11H13N3O4/c15-9-5-7(1-2-13-9)10(16)14-4-3-12-6-8(14)11(17)18/h1-2,5,8,12H,3-4,6H2,(H,13,15)(H,17,18). The van der Waals surface area contributed by atoms with Crippen LogP contribution in [0, 0.1) is 0 Å². The summed E-state index contributed by atoms with van der Waals surface area (Å²) < 4.78 is 0. The summed E-state index contributed by atoms with van der Waals surface area (Å²) in [5.41, 5.74) is -0.185. The highest BCUT2D eigenvalue weighted by Crippen LogP contribution is 2.09. The molecule has 0 spiro atoms. The number of aromatic nitrogens is 1. The molecule has 1 aliphatic rings. The van der Waals surface area contributed by atoms with Crippen molar-refractivity contribution in [1.82, 2.24) is 15.2 Å². The van der Waals surface area contributed by atoms with E-state index in [4.69, 9.17) is 5.11 Å². The molecule has 7 nitrogen and oxygen atoms in total. The van der Waals surface area contributed by atoms with Crippen molar-refractivity contribution in [3.63, 3.8) is 0 Å². The molecule has 0 aliphatic carbocycles. The zero-order valence-electron chi connectivity index (χ0n) is 9.55. The summed E-state index contributed by atoms with van der Waals surface area (Å²) in [4.78, 5) is 38.0. The average molecular weight is 251 g/mol. The highest BCUT2D eigenvalue weighted by atomic mass is 16.4. The van der Waals surface area contributed by atoms with E-state index in [9.17, 15) is 14.4 Å². The lowest BCUT2D eigenvalue weighted by molar-refractivity contribution is -0.142. The van der Waals surface area contributed by atoms with E-state index >= 15 is 0 Å². The predicted molar refractivity (Wildman–Crippen MR) is 62.4 cm³/mol. The normalized spacial score (nSPS) is 19.6. The van der Waals surface area contributed by atoms with Crippen molar-refractivity contribution >= 4 is 11.9 Å². The van der Waals surface area contributed by atoms with E-state index in [0.29, 0.717) is 13.1 Å². The van der Waals surface area contributed by atoms with Gasteiger partial charge < -0.3 is 20.3 Å². The largest absolute Gasteiger partial charge is 0.480 e. The van der Waals surface area contributed by atoms with Crippen molar-refractivity contribution in [3.05, 3.63) is 34.2 Å². The number of amides is 1. The second kappa shape index (κ2) is 5.01. The zero-order valence-corrected chi connectivity index (χ0v) is 9.55. The van der Waals surface area contributed by atoms with Crippen LogP contribution < -0.4 is 10.9 Å². The van der Waals surface area contributed by atoms with Gasteiger partial charge in [0, 0.05) is 37.5 Å². The minimum atomic E-state index is -1.06. The fourth-order valence-electron chi connectivity index (χ4n) is 1.91. The number of H-pyrrole nitrogens is 1. The Morgan fingerprint density at radius 2 is 2.22 bits per heavy atom. The monoisotopic (exact) mass is 251 g/mol. The van der Waals surface area contributed by atoms with Gasteiger partial charge in [-0.2, -0.15) is 0 Å². The Labute approximate surface area is 102 Å². The topological polar surface area (TPSA) is 102 Å².